The highest BCUT2D eigenvalue weighted by molar-refractivity contribution is 6.16. The highest BCUT2D eigenvalue weighted by Gasteiger charge is 2.46. The number of nitrogens with zero attached hydrogens (tertiary/aromatic N) is 1. The molecule has 2 heteroatoms. The number of hydrogen-bond acceptors (Lipinski definition) is 2. The molecule has 9 aromatic rings. The van der Waals surface area contributed by atoms with Gasteiger partial charge in [0.1, 0.15) is 0 Å². The van der Waals surface area contributed by atoms with Crippen molar-refractivity contribution in [1.82, 2.24) is 0 Å². The quantitative estimate of drug-likeness (QED) is 0.182. The van der Waals surface area contributed by atoms with Crippen LogP contribution < -0.4 is 10.2 Å². The van der Waals surface area contributed by atoms with Gasteiger partial charge in [0.05, 0.1) is 5.41 Å². The number of fused-ring (bicyclic) bond motifs is 6. The van der Waals surface area contributed by atoms with E-state index in [2.05, 4.69) is 210 Å². The van der Waals surface area contributed by atoms with Crippen molar-refractivity contribution in [3.8, 4) is 33.4 Å². The molecule has 0 unspecified atom stereocenters. The molecule has 0 aromatic heterocycles. The van der Waals surface area contributed by atoms with Gasteiger partial charge in [-0.25, -0.2) is 0 Å². The first-order valence-corrected chi connectivity index (χ1v) is 21.1. The molecule has 1 aliphatic heterocycles. The van der Waals surface area contributed by atoms with E-state index in [0.29, 0.717) is 0 Å². The largest absolute Gasteiger partial charge is 0.354 e. The van der Waals surface area contributed by atoms with Crippen LogP contribution in [0.3, 0.4) is 0 Å². The summed E-state index contributed by atoms with van der Waals surface area (Å²) in [5.74, 6) is 0. The van der Waals surface area contributed by atoms with Crippen molar-refractivity contribution >= 4 is 44.3 Å². The lowest BCUT2D eigenvalue weighted by Crippen LogP contribution is -2.29. The van der Waals surface area contributed by atoms with Crippen LogP contribution in [0.5, 0.6) is 0 Å². The molecule has 0 atom stereocenters. The Morgan fingerprint density at radius 1 is 0.441 bits per heavy atom. The molecule has 9 aromatic carbocycles. The first kappa shape index (κ1) is 33.9. The van der Waals surface area contributed by atoms with Crippen molar-refractivity contribution in [2.24, 2.45) is 0 Å². The van der Waals surface area contributed by atoms with Crippen molar-refractivity contribution in [2.75, 3.05) is 10.2 Å². The first-order chi connectivity index (χ1) is 29.3. The highest BCUT2D eigenvalue weighted by atomic mass is 15.1. The van der Waals surface area contributed by atoms with Crippen molar-refractivity contribution in [3.63, 3.8) is 0 Å². The molecule has 0 spiro atoms. The van der Waals surface area contributed by atoms with E-state index in [1.807, 2.05) is 0 Å². The Hall–Kier alpha value is -7.16. The topological polar surface area (TPSA) is 15.3 Å². The van der Waals surface area contributed by atoms with Crippen LogP contribution in [0.4, 0.5) is 22.7 Å². The van der Waals surface area contributed by atoms with Gasteiger partial charge in [-0.15, -0.1) is 0 Å². The second-order valence-electron chi connectivity index (χ2n) is 16.3. The summed E-state index contributed by atoms with van der Waals surface area (Å²) in [7, 11) is 0. The molecule has 1 heterocycles. The van der Waals surface area contributed by atoms with Crippen LogP contribution in [0, 0.1) is 0 Å². The number of hydrogen-bond donors (Lipinski definition) is 1. The second kappa shape index (κ2) is 13.5. The molecular weight excluding hydrogens is 713 g/mol. The maximum absolute atomic E-state index is 3.79. The summed E-state index contributed by atoms with van der Waals surface area (Å²) in [6.07, 6.45) is 7.07. The lowest BCUT2D eigenvalue weighted by molar-refractivity contribution is 0.690. The summed E-state index contributed by atoms with van der Waals surface area (Å²) >= 11 is 0. The average molecular weight is 755 g/mol. The van der Waals surface area contributed by atoms with E-state index in [-0.39, 0.29) is 0 Å². The van der Waals surface area contributed by atoms with Gasteiger partial charge in [-0.1, -0.05) is 158 Å². The Morgan fingerprint density at radius 3 is 1.86 bits per heavy atom. The number of benzene rings is 9. The van der Waals surface area contributed by atoms with Gasteiger partial charge in [0.15, 0.2) is 0 Å². The SMILES string of the molecule is C1=C(N(c2ccc(-c3ccc4c5c(cccc35)-c3cc5ccccc5cc3N4)cc2)c2ccc3c(c2)C(c2ccccc2)(c2ccccc2)c2ccccc2-3)CCCC1. The maximum Gasteiger partial charge on any atom is 0.0714 e. The zero-order chi connectivity index (χ0) is 38.9. The van der Waals surface area contributed by atoms with Gasteiger partial charge in [0.2, 0.25) is 0 Å². The zero-order valence-electron chi connectivity index (χ0n) is 32.8. The Balaban J connectivity index is 0.993. The van der Waals surface area contributed by atoms with E-state index >= 15 is 0 Å². The van der Waals surface area contributed by atoms with Gasteiger partial charge in [-0.05, 0) is 134 Å². The summed E-state index contributed by atoms with van der Waals surface area (Å²) in [4.78, 5) is 2.54. The molecule has 0 bridgehead atoms. The molecule has 3 aliphatic rings. The minimum atomic E-state index is -0.446. The number of anilines is 4. The van der Waals surface area contributed by atoms with E-state index in [1.165, 1.54) is 107 Å². The normalized spacial score (nSPS) is 14.5. The Kier molecular flexibility index (Phi) is 7.74. The fourth-order valence-electron chi connectivity index (χ4n) is 10.6. The van der Waals surface area contributed by atoms with Gasteiger partial charge < -0.3 is 10.2 Å². The van der Waals surface area contributed by atoms with E-state index in [9.17, 15) is 0 Å². The highest BCUT2D eigenvalue weighted by Crippen LogP contribution is 2.57. The molecule has 280 valence electrons. The smallest absolute Gasteiger partial charge is 0.0714 e. The molecule has 12 rings (SSSR count). The number of allylic oxidation sites excluding steroid dienone is 2. The molecule has 59 heavy (non-hydrogen) atoms. The molecule has 2 nitrogen and oxygen atoms in total. The predicted octanol–water partition coefficient (Wildman–Crippen LogP) is 15.3. The molecule has 0 amide bonds. The van der Waals surface area contributed by atoms with Crippen LogP contribution in [-0.4, -0.2) is 0 Å². The lowest BCUT2D eigenvalue weighted by Gasteiger charge is -2.35. The van der Waals surface area contributed by atoms with Crippen LogP contribution in [-0.2, 0) is 5.41 Å². The number of rotatable bonds is 6. The Morgan fingerprint density at radius 2 is 1.10 bits per heavy atom. The average Bonchev–Trinajstić information content (AvgIpc) is 3.60. The Labute approximate surface area is 345 Å². The first-order valence-electron chi connectivity index (χ1n) is 21.1. The summed E-state index contributed by atoms with van der Waals surface area (Å²) in [5.41, 5.74) is 18.5. The van der Waals surface area contributed by atoms with Gasteiger partial charge in [0, 0.05) is 39.4 Å². The predicted molar refractivity (Wildman–Crippen MR) is 248 cm³/mol. The molecule has 0 saturated carbocycles. The van der Waals surface area contributed by atoms with Crippen molar-refractivity contribution in [1.29, 1.82) is 0 Å². The number of nitrogens with one attached hydrogen (secondary N) is 1. The van der Waals surface area contributed by atoms with Crippen LogP contribution in [0.1, 0.15) is 47.9 Å². The van der Waals surface area contributed by atoms with Crippen LogP contribution in [0.25, 0.3) is 54.9 Å². The zero-order valence-corrected chi connectivity index (χ0v) is 32.8. The third kappa shape index (κ3) is 5.19. The fraction of sp³-hybridized carbons (Fsp3) is 0.0877. The fourth-order valence-corrected chi connectivity index (χ4v) is 10.6. The van der Waals surface area contributed by atoms with Crippen molar-refractivity contribution in [3.05, 3.63) is 228 Å². The maximum atomic E-state index is 3.79. The van der Waals surface area contributed by atoms with Gasteiger partial charge in [0.25, 0.3) is 0 Å². The van der Waals surface area contributed by atoms with Crippen molar-refractivity contribution in [2.45, 2.75) is 31.1 Å². The molecular formula is C57H42N2. The molecule has 0 fully saturated rings. The van der Waals surface area contributed by atoms with Crippen LogP contribution in [0.2, 0.25) is 0 Å². The third-order valence-corrected chi connectivity index (χ3v) is 13.2. The van der Waals surface area contributed by atoms with Crippen molar-refractivity contribution < 1.29 is 0 Å². The van der Waals surface area contributed by atoms with E-state index in [1.54, 1.807) is 0 Å². The van der Waals surface area contributed by atoms with E-state index in [0.717, 1.165) is 24.2 Å². The van der Waals surface area contributed by atoms with E-state index in [4.69, 9.17) is 0 Å². The van der Waals surface area contributed by atoms with Gasteiger partial charge in [-0.2, -0.15) is 0 Å². The summed E-state index contributed by atoms with van der Waals surface area (Å²) in [5, 5.41) is 8.85. The minimum Gasteiger partial charge on any atom is -0.354 e. The summed E-state index contributed by atoms with van der Waals surface area (Å²) in [6, 6.07) is 72.4. The Bertz CT molecular complexity index is 3080. The minimum absolute atomic E-state index is 0.446. The standard InChI is InChI=1S/C57H42N2/c1-4-17-41(18-5-1)57(42-19-6-2-7-20-42)52-26-13-12-23-47(52)48-32-31-45(37-53(48)57)59(43-21-8-3-9-22-43)44-29-27-38(28-30-44)46-33-34-54-56-49(46)24-14-25-50(56)51-35-39-15-10-11-16-40(39)36-55(51)58-54/h1-2,4-7,10-21,23-37,58H,3,8-9,22H2. The molecule has 1 N–H and O–H groups in total. The molecule has 0 saturated heterocycles. The van der Waals surface area contributed by atoms with E-state index < -0.39 is 5.41 Å². The molecule has 2 aliphatic carbocycles. The van der Waals surface area contributed by atoms with Gasteiger partial charge >= 0.3 is 0 Å². The van der Waals surface area contributed by atoms with Crippen LogP contribution in [0.15, 0.2) is 206 Å². The van der Waals surface area contributed by atoms with Gasteiger partial charge in [-0.3, -0.25) is 0 Å². The monoisotopic (exact) mass is 754 g/mol. The second-order valence-corrected chi connectivity index (χ2v) is 16.3. The third-order valence-electron chi connectivity index (χ3n) is 13.2. The summed E-state index contributed by atoms with van der Waals surface area (Å²) in [6.45, 7) is 0. The summed E-state index contributed by atoms with van der Waals surface area (Å²) < 4.78 is 0. The molecule has 0 radical (unpaired) electrons. The van der Waals surface area contributed by atoms with Crippen LogP contribution >= 0.6 is 0 Å². The lowest BCUT2D eigenvalue weighted by atomic mass is 9.67.